The van der Waals surface area contributed by atoms with Gasteiger partial charge in [-0.3, -0.25) is 0 Å². The zero-order valence-electron chi connectivity index (χ0n) is 4.49. The van der Waals surface area contributed by atoms with E-state index >= 15 is 0 Å². The Hall–Kier alpha value is 0.730. The molecule has 0 N–H and O–H groups in total. The number of hydrogen-bond donors (Lipinski definition) is 0. The molecule has 1 rings (SSSR count). The first-order chi connectivity index (χ1) is 3.43. The molecule has 0 aromatic rings. The van der Waals surface area contributed by atoms with Crippen molar-refractivity contribution in [1.82, 2.24) is 0 Å². The van der Waals surface area contributed by atoms with Gasteiger partial charge < -0.3 is 0 Å². The predicted octanol–water partition coefficient (Wildman–Crippen LogP) is 2.61. The van der Waals surface area contributed by atoms with Crippen molar-refractivity contribution in [1.29, 1.82) is 0 Å². The monoisotopic (exact) mass is 210 g/mol. The molecule has 7 heavy (non-hydrogen) atoms. The van der Waals surface area contributed by atoms with E-state index in [9.17, 15) is 0 Å². The standard InChI is InChI=1S/C6H11I/c7-5-1-2-6-3-4-6/h6H,1-5H2. The third kappa shape index (κ3) is 2.52. The zero-order chi connectivity index (χ0) is 5.11. The molecule has 0 spiro atoms. The van der Waals surface area contributed by atoms with E-state index in [1.54, 1.807) is 0 Å². The molecule has 0 aromatic carbocycles. The van der Waals surface area contributed by atoms with E-state index in [0.29, 0.717) is 0 Å². The number of hydrogen-bond acceptors (Lipinski definition) is 0. The highest BCUT2D eigenvalue weighted by Gasteiger charge is 2.19. The maximum Gasteiger partial charge on any atom is -0.000463 e. The Morgan fingerprint density at radius 1 is 1.43 bits per heavy atom. The Bertz CT molecular complexity index is 48.1. The normalized spacial score (nSPS) is 20.1. The molecule has 1 saturated carbocycles. The average Bonchev–Trinajstić information content (AvgIpc) is 2.42. The van der Waals surface area contributed by atoms with Gasteiger partial charge in [0.2, 0.25) is 0 Å². The van der Waals surface area contributed by atoms with Crippen molar-refractivity contribution in [3.8, 4) is 0 Å². The fourth-order valence-corrected chi connectivity index (χ4v) is 1.21. The minimum atomic E-state index is 1.15. The molecule has 0 heterocycles. The van der Waals surface area contributed by atoms with Crippen molar-refractivity contribution in [2.45, 2.75) is 25.7 Å². The van der Waals surface area contributed by atoms with Crippen LogP contribution in [-0.4, -0.2) is 4.43 Å². The van der Waals surface area contributed by atoms with Gasteiger partial charge in [0, 0.05) is 0 Å². The lowest BCUT2D eigenvalue weighted by molar-refractivity contribution is 0.718. The lowest BCUT2D eigenvalue weighted by Gasteiger charge is -1.87. The summed E-state index contributed by atoms with van der Waals surface area (Å²) in [7, 11) is 0. The number of halogens is 1. The van der Waals surface area contributed by atoms with Gasteiger partial charge in [0.25, 0.3) is 0 Å². The van der Waals surface area contributed by atoms with Gasteiger partial charge in [0.05, 0.1) is 0 Å². The van der Waals surface area contributed by atoms with Crippen LogP contribution in [0.3, 0.4) is 0 Å². The summed E-state index contributed by atoms with van der Waals surface area (Å²) in [5, 5.41) is 0. The number of alkyl halides is 1. The molecule has 0 radical (unpaired) electrons. The average molecular weight is 210 g/mol. The minimum absolute atomic E-state index is 1.15. The van der Waals surface area contributed by atoms with Crippen LogP contribution in [0.4, 0.5) is 0 Å². The third-order valence-electron chi connectivity index (χ3n) is 1.44. The molecule has 0 saturated heterocycles. The van der Waals surface area contributed by atoms with Crippen LogP contribution in [0.25, 0.3) is 0 Å². The molecular weight excluding hydrogens is 199 g/mol. The first kappa shape index (κ1) is 5.86. The van der Waals surface area contributed by atoms with Crippen LogP contribution < -0.4 is 0 Å². The Morgan fingerprint density at radius 2 is 2.14 bits per heavy atom. The van der Waals surface area contributed by atoms with Crippen molar-refractivity contribution in [3.63, 3.8) is 0 Å². The number of rotatable bonds is 3. The van der Waals surface area contributed by atoms with Crippen LogP contribution in [0.1, 0.15) is 25.7 Å². The molecule has 0 aliphatic heterocycles. The van der Waals surface area contributed by atoms with Gasteiger partial charge >= 0.3 is 0 Å². The molecule has 0 nitrogen and oxygen atoms in total. The van der Waals surface area contributed by atoms with Crippen LogP contribution >= 0.6 is 22.6 Å². The Labute approximate surface area is 58.8 Å². The molecule has 1 fully saturated rings. The summed E-state index contributed by atoms with van der Waals surface area (Å²) in [5.74, 6) is 1.15. The van der Waals surface area contributed by atoms with Crippen LogP contribution in [0.5, 0.6) is 0 Å². The summed E-state index contributed by atoms with van der Waals surface area (Å²) in [6, 6.07) is 0. The molecular formula is C6H11I. The molecule has 42 valence electrons. The largest absolute Gasteiger partial charge is 0.0864 e. The highest BCUT2D eigenvalue weighted by Crippen LogP contribution is 2.33. The third-order valence-corrected chi connectivity index (χ3v) is 2.21. The van der Waals surface area contributed by atoms with E-state index in [0.717, 1.165) is 5.92 Å². The summed E-state index contributed by atoms with van der Waals surface area (Å²) in [5.41, 5.74) is 0. The van der Waals surface area contributed by atoms with Crippen molar-refractivity contribution in [3.05, 3.63) is 0 Å². The zero-order valence-corrected chi connectivity index (χ0v) is 6.65. The SMILES string of the molecule is ICCCC1CC1. The Morgan fingerprint density at radius 3 is 2.57 bits per heavy atom. The smallest absolute Gasteiger partial charge is 0.000463 e. The molecule has 0 unspecified atom stereocenters. The molecule has 1 aliphatic carbocycles. The van der Waals surface area contributed by atoms with Gasteiger partial charge in [0.1, 0.15) is 0 Å². The lowest BCUT2D eigenvalue weighted by atomic mass is 10.2. The van der Waals surface area contributed by atoms with Crippen molar-refractivity contribution in [2.75, 3.05) is 4.43 Å². The van der Waals surface area contributed by atoms with E-state index < -0.39 is 0 Å². The molecule has 0 bridgehead atoms. The Balaban J connectivity index is 1.80. The van der Waals surface area contributed by atoms with Crippen molar-refractivity contribution >= 4 is 22.6 Å². The van der Waals surface area contributed by atoms with E-state index in [1.165, 1.54) is 30.1 Å². The molecule has 1 heteroatoms. The van der Waals surface area contributed by atoms with Gasteiger partial charge in [-0.25, -0.2) is 0 Å². The van der Waals surface area contributed by atoms with Crippen LogP contribution in [0, 0.1) is 5.92 Å². The molecule has 0 amide bonds. The van der Waals surface area contributed by atoms with Gasteiger partial charge in [0.15, 0.2) is 0 Å². The highest BCUT2D eigenvalue weighted by molar-refractivity contribution is 14.1. The Kier molecular flexibility index (Phi) is 2.43. The summed E-state index contributed by atoms with van der Waals surface area (Å²) in [4.78, 5) is 0. The van der Waals surface area contributed by atoms with Crippen LogP contribution in [-0.2, 0) is 0 Å². The van der Waals surface area contributed by atoms with Crippen molar-refractivity contribution < 1.29 is 0 Å². The topological polar surface area (TPSA) is 0 Å². The van der Waals surface area contributed by atoms with Crippen LogP contribution in [0.15, 0.2) is 0 Å². The van der Waals surface area contributed by atoms with E-state index in [4.69, 9.17) is 0 Å². The van der Waals surface area contributed by atoms with Gasteiger partial charge in [-0.1, -0.05) is 35.4 Å². The molecule has 1 aliphatic rings. The van der Waals surface area contributed by atoms with Gasteiger partial charge in [-0.2, -0.15) is 0 Å². The second-order valence-electron chi connectivity index (χ2n) is 2.27. The fraction of sp³-hybridized carbons (Fsp3) is 1.00. The summed E-state index contributed by atoms with van der Waals surface area (Å²) in [6.07, 6.45) is 6.00. The first-order valence-corrected chi connectivity index (χ1v) is 4.52. The second-order valence-corrected chi connectivity index (χ2v) is 3.35. The van der Waals surface area contributed by atoms with Crippen LogP contribution in [0.2, 0.25) is 0 Å². The summed E-state index contributed by atoms with van der Waals surface area (Å²) >= 11 is 2.45. The fourth-order valence-electron chi connectivity index (χ4n) is 0.772. The minimum Gasteiger partial charge on any atom is -0.0864 e. The van der Waals surface area contributed by atoms with E-state index in [-0.39, 0.29) is 0 Å². The van der Waals surface area contributed by atoms with E-state index in [1.807, 2.05) is 0 Å². The first-order valence-electron chi connectivity index (χ1n) is 2.99. The maximum absolute atomic E-state index is 2.45. The quantitative estimate of drug-likeness (QED) is 0.496. The van der Waals surface area contributed by atoms with Crippen molar-refractivity contribution in [2.24, 2.45) is 5.92 Å². The van der Waals surface area contributed by atoms with E-state index in [2.05, 4.69) is 22.6 Å². The molecule has 0 aromatic heterocycles. The summed E-state index contributed by atoms with van der Waals surface area (Å²) in [6.45, 7) is 0. The summed E-state index contributed by atoms with van der Waals surface area (Å²) < 4.78 is 1.36. The maximum atomic E-state index is 2.45. The highest BCUT2D eigenvalue weighted by atomic mass is 127. The predicted molar refractivity (Wildman–Crippen MR) is 40.8 cm³/mol. The molecule has 0 atom stereocenters. The second kappa shape index (κ2) is 2.90. The van der Waals surface area contributed by atoms with Gasteiger partial charge in [-0.15, -0.1) is 0 Å². The van der Waals surface area contributed by atoms with Gasteiger partial charge in [-0.05, 0) is 23.2 Å². The lowest BCUT2D eigenvalue weighted by Crippen LogP contribution is -1.75.